The molecule has 7 nitrogen and oxygen atoms in total. The predicted octanol–water partition coefficient (Wildman–Crippen LogP) is 5.55. The second-order valence-corrected chi connectivity index (χ2v) is 10.4. The number of nitrogens with one attached hydrogen (secondary N) is 1. The van der Waals surface area contributed by atoms with Crippen molar-refractivity contribution in [3.8, 4) is 0 Å². The molecule has 0 saturated carbocycles. The molecule has 1 N–H and O–H groups in total. The molecule has 1 aliphatic carbocycles. The number of amides is 2. The monoisotopic (exact) mass is 509 g/mol. The van der Waals surface area contributed by atoms with E-state index < -0.39 is 0 Å². The number of carbonyl (C=O) groups excluding carboxylic acids is 2. The summed E-state index contributed by atoms with van der Waals surface area (Å²) in [7, 11) is 0. The van der Waals surface area contributed by atoms with Gasteiger partial charge >= 0.3 is 0 Å². The maximum atomic E-state index is 13.5. The van der Waals surface area contributed by atoms with Crippen LogP contribution in [0.2, 0.25) is 0 Å². The number of rotatable bonds is 4. The van der Waals surface area contributed by atoms with E-state index in [1.807, 2.05) is 43.9 Å². The van der Waals surface area contributed by atoms with E-state index in [9.17, 15) is 9.59 Å². The molecule has 3 heterocycles. The molecular weight excluding hydrogens is 478 g/mol. The second-order valence-electron chi connectivity index (χ2n) is 10.4. The molecule has 1 aliphatic heterocycles. The number of nitrogens with zero attached hydrogens (tertiary/aromatic N) is 2. The Labute approximate surface area is 221 Å². The summed E-state index contributed by atoms with van der Waals surface area (Å²) in [5.74, 6) is 0.851. The van der Waals surface area contributed by atoms with Crippen LogP contribution >= 0.6 is 0 Å². The summed E-state index contributed by atoms with van der Waals surface area (Å²) in [4.78, 5) is 28.2. The fourth-order valence-corrected chi connectivity index (χ4v) is 5.90. The minimum atomic E-state index is -0.211. The van der Waals surface area contributed by atoms with Gasteiger partial charge in [-0.1, -0.05) is 30.3 Å². The molecule has 4 aromatic rings. The average molecular weight is 510 g/mol. The summed E-state index contributed by atoms with van der Waals surface area (Å²) in [6.45, 7) is 7.22. The lowest BCUT2D eigenvalue weighted by molar-refractivity contribution is -0.120. The van der Waals surface area contributed by atoms with E-state index in [4.69, 9.17) is 8.83 Å². The molecule has 0 saturated heterocycles. The molecule has 2 aromatic carbocycles. The third-order valence-corrected chi connectivity index (χ3v) is 7.70. The molecule has 0 fully saturated rings. The largest absolute Gasteiger partial charge is 0.464 e. The number of hydrogen-bond donors (Lipinski definition) is 1. The van der Waals surface area contributed by atoms with Crippen molar-refractivity contribution in [3.05, 3.63) is 93.1 Å². The molecule has 7 heteroatoms. The molecule has 0 atom stereocenters. The molecule has 0 unspecified atom stereocenters. The number of hydrazone groups is 1. The predicted molar refractivity (Wildman–Crippen MR) is 145 cm³/mol. The lowest BCUT2D eigenvalue weighted by Crippen LogP contribution is -2.36. The highest BCUT2D eigenvalue weighted by Gasteiger charge is 2.31. The highest BCUT2D eigenvalue weighted by Crippen LogP contribution is 2.32. The van der Waals surface area contributed by atoms with Gasteiger partial charge in [0.05, 0.1) is 18.4 Å². The van der Waals surface area contributed by atoms with Crippen molar-refractivity contribution in [2.24, 2.45) is 5.10 Å². The van der Waals surface area contributed by atoms with Gasteiger partial charge < -0.3 is 13.7 Å². The summed E-state index contributed by atoms with van der Waals surface area (Å²) in [5.41, 5.74) is 11.5. The lowest BCUT2D eigenvalue weighted by atomic mass is 9.93. The molecule has 0 radical (unpaired) electrons. The molecule has 6 rings (SSSR count). The van der Waals surface area contributed by atoms with Crippen molar-refractivity contribution in [2.75, 3.05) is 6.54 Å². The Hall–Kier alpha value is -4.13. The van der Waals surface area contributed by atoms with E-state index in [1.165, 1.54) is 11.1 Å². The van der Waals surface area contributed by atoms with E-state index in [0.29, 0.717) is 25.3 Å². The fraction of sp³-hybridized carbons (Fsp3) is 0.323. The van der Waals surface area contributed by atoms with Gasteiger partial charge in [0.1, 0.15) is 11.3 Å². The average Bonchev–Trinajstić information content (AvgIpc) is 3.47. The smallest absolute Gasteiger partial charge is 0.290 e. The number of hydrogen-bond acceptors (Lipinski definition) is 5. The molecular formula is C31H31N3O4. The van der Waals surface area contributed by atoms with Crippen molar-refractivity contribution < 1.29 is 18.4 Å². The van der Waals surface area contributed by atoms with Gasteiger partial charge in [0.2, 0.25) is 5.91 Å². The number of fused-ring (bicyclic) bond motifs is 3. The SMILES string of the molecule is Cc1cc(C)c2c(CC(=O)N/N=C3\CCCc4oc(C(=O)N5CCc6ccccc6C5)c(C)c43)coc2c1. The maximum Gasteiger partial charge on any atom is 0.290 e. The molecule has 2 aliphatic rings. The minimum absolute atomic E-state index is 0.0905. The van der Waals surface area contributed by atoms with Crippen molar-refractivity contribution in [2.45, 2.75) is 59.4 Å². The van der Waals surface area contributed by atoms with Crippen LogP contribution in [0.1, 0.15) is 68.1 Å². The maximum absolute atomic E-state index is 13.5. The van der Waals surface area contributed by atoms with Gasteiger partial charge in [-0.15, -0.1) is 0 Å². The van der Waals surface area contributed by atoms with Gasteiger partial charge in [0.15, 0.2) is 5.76 Å². The van der Waals surface area contributed by atoms with Gasteiger partial charge in [0, 0.05) is 41.6 Å². The number of aryl methyl sites for hydroxylation is 3. The van der Waals surface area contributed by atoms with Gasteiger partial charge in [-0.25, -0.2) is 5.43 Å². The van der Waals surface area contributed by atoms with Gasteiger partial charge in [0.25, 0.3) is 5.91 Å². The Kier molecular flexibility index (Phi) is 6.14. The van der Waals surface area contributed by atoms with Gasteiger partial charge in [-0.3, -0.25) is 9.59 Å². The zero-order valence-corrected chi connectivity index (χ0v) is 22.0. The van der Waals surface area contributed by atoms with E-state index in [2.05, 4.69) is 28.7 Å². The van der Waals surface area contributed by atoms with E-state index >= 15 is 0 Å². The van der Waals surface area contributed by atoms with Gasteiger partial charge in [-0.05, 0) is 68.4 Å². The standard InChI is InChI=1S/C31H31N3O4/c1-18-13-19(2)28-23(17-37-26(28)14-18)15-27(35)33-32-24-9-6-10-25-29(24)20(3)30(38-25)31(36)34-12-11-21-7-4-5-8-22(21)16-34/h4-5,7-8,13-14,17H,6,9-12,15-16H2,1-3H3,(H,33,35)/b32-24+. The summed E-state index contributed by atoms with van der Waals surface area (Å²) >= 11 is 0. The highest BCUT2D eigenvalue weighted by atomic mass is 16.4. The van der Waals surface area contributed by atoms with Crippen LogP contribution in [0.4, 0.5) is 0 Å². The van der Waals surface area contributed by atoms with E-state index in [1.54, 1.807) is 6.26 Å². The van der Waals surface area contributed by atoms with Crippen LogP contribution in [-0.2, 0) is 30.6 Å². The Balaban J connectivity index is 1.20. The molecule has 2 aromatic heterocycles. The molecule has 194 valence electrons. The van der Waals surface area contributed by atoms with E-state index in [-0.39, 0.29) is 18.2 Å². The third kappa shape index (κ3) is 4.32. The first kappa shape index (κ1) is 24.2. The lowest BCUT2D eigenvalue weighted by Gasteiger charge is -2.28. The van der Waals surface area contributed by atoms with Crippen LogP contribution in [0.25, 0.3) is 11.0 Å². The Morgan fingerprint density at radius 3 is 2.71 bits per heavy atom. The summed E-state index contributed by atoms with van der Waals surface area (Å²) in [6, 6.07) is 12.3. The summed E-state index contributed by atoms with van der Waals surface area (Å²) in [6.07, 6.45) is 4.98. The Bertz CT molecular complexity index is 1610. The number of benzene rings is 2. The van der Waals surface area contributed by atoms with Crippen molar-refractivity contribution in [1.29, 1.82) is 0 Å². The topological polar surface area (TPSA) is 88.0 Å². The van der Waals surface area contributed by atoms with Crippen LogP contribution in [0.3, 0.4) is 0 Å². The van der Waals surface area contributed by atoms with Crippen LogP contribution in [0.5, 0.6) is 0 Å². The zero-order valence-electron chi connectivity index (χ0n) is 22.0. The van der Waals surface area contributed by atoms with E-state index in [0.717, 1.165) is 69.5 Å². The first-order chi connectivity index (χ1) is 18.4. The molecule has 0 spiro atoms. The normalized spacial score (nSPS) is 16.0. The van der Waals surface area contributed by atoms with Crippen LogP contribution in [-0.4, -0.2) is 29.0 Å². The Morgan fingerprint density at radius 2 is 1.87 bits per heavy atom. The van der Waals surface area contributed by atoms with Crippen LogP contribution in [0, 0.1) is 20.8 Å². The first-order valence-electron chi connectivity index (χ1n) is 13.2. The zero-order chi connectivity index (χ0) is 26.4. The van der Waals surface area contributed by atoms with Crippen molar-refractivity contribution in [3.63, 3.8) is 0 Å². The van der Waals surface area contributed by atoms with Crippen molar-refractivity contribution in [1.82, 2.24) is 10.3 Å². The van der Waals surface area contributed by atoms with Crippen LogP contribution < -0.4 is 5.43 Å². The number of carbonyl (C=O) groups is 2. The third-order valence-electron chi connectivity index (χ3n) is 7.70. The highest BCUT2D eigenvalue weighted by molar-refractivity contribution is 6.06. The summed E-state index contributed by atoms with van der Waals surface area (Å²) in [5, 5.41) is 5.48. The molecule has 38 heavy (non-hydrogen) atoms. The quantitative estimate of drug-likeness (QED) is 0.366. The fourth-order valence-electron chi connectivity index (χ4n) is 5.90. The first-order valence-corrected chi connectivity index (χ1v) is 13.2. The second kappa shape index (κ2) is 9.63. The minimum Gasteiger partial charge on any atom is -0.464 e. The Morgan fingerprint density at radius 1 is 1.05 bits per heavy atom. The molecule has 0 bridgehead atoms. The van der Waals surface area contributed by atoms with Gasteiger partial charge in [-0.2, -0.15) is 5.10 Å². The molecule has 2 amide bonds. The van der Waals surface area contributed by atoms with Crippen LogP contribution in [0.15, 0.2) is 56.6 Å². The number of furan rings is 2. The summed E-state index contributed by atoms with van der Waals surface area (Å²) < 4.78 is 11.8. The van der Waals surface area contributed by atoms with Crippen molar-refractivity contribution >= 4 is 28.5 Å².